The van der Waals surface area contributed by atoms with Gasteiger partial charge in [0, 0.05) is 25.7 Å². The highest BCUT2D eigenvalue weighted by molar-refractivity contribution is 5.17. The van der Waals surface area contributed by atoms with E-state index in [9.17, 15) is 0 Å². The number of hydrogen-bond donors (Lipinski definition) is 0. The molecule has 2 aromatic carbocycles. The van der Waals surface area contributed by atoms with Crippen molar-refractivity contribution in [3.05, 3.63) is 71.8 Å². The second-order valence-electron chi connectivity index (χ2n) is 6.82. The lowest BCUT2D eigenvalue weighted by Crippen LogP contribution is -2.39. The summed E-state index contributed by atoms with van der Waals surface area (Å²) >= 11 is 0. The van der Waals surface area contributed by atoms with Crippen LogP contribution in [0.25, 0.3) is 0 Å². The molecule has 0 N–H and O–H groups in total. The molecule has 0 saturated heterocycles. The van der Waals surface area contributed by atoms with E-state index in [1.165, 1.54) is 11.1 Å². The predicted molar refractivity (Wildman–Crippen MR) is 102 cm³/mol. The second kappa shape index (κ2) is 10.3. The summed E-state index contributed by atoms with van der Waals surface area (Å²) in [7, 11) is 0. The maximum absolute atomic E-state index is 5.81. The summed E-state index contributed by atoms with van der Waals surface area (Å²) in [6.07, 6.45) is 1.15. The Hall–Kier alpha value is -1.64. The molecule has 0 aliphatic rings. The largest absolute Gasteiger partial charge is 0.380 e. The fraction of sp³-hybridized carbons (Fsp3) is 0.455. The van der Waals surface area contributed by atoms with Crippen molar-refractivity contribution in [2.24, 2.45) is 5.92 Å². The third kappa shape index (κ3) is 6.46. The van der Waals surface area contributed by atoms with E-state index in [1.807, 2.05) is 0 Å². The van der Waals surface area contributed by atoms with Gasteiger partial charge in [-0.2, -0.15) is 0 Å². The Morgan fingerprint density at radius 1 is 0.833 bits per heavy atom. The van der Waals surface area contributed by atoms with Crippen LogP contribution in [0.3, 0.4) is 0 Å². The Morgan fingerprint density at radius 2 is 1.33 bits per heavy atom. The van der Waals surface area contributed by atoms with E-state index >= 15 is 0 Å². The number of hydrogen-bond acceptors (Lipinski definition) is 2. The lowest BCUT2D eigenvalue weighted by atomic mass is 10.0. The molecule has 130 valence electrons. The highest BCUT2D eigenvalue weighted by atomic mass is 16.5. The third-order valence-electron chi connectivity index (χ3n) is 4.23. The van der Waals surface area contributed by atoms with Gasteiger partial charge in [-0.1, -0.05) is 74.5 Å². The van der Waals surface area contributed by atoms with Crippen LogP contribution in [-0.2, 0) is 17.8 Å². The predicted octanol–water partition coefficient (Wildman–Crippen LogP) is 5.14. The Bertz CT molecular complexity index is 511. The van der Waals surface area contributed by atoms with Gasteiger partial charge in [-0.25, -0.2) is 0 Å². The molecular formula is C22H31NO. The van der Waals surface area contributed by atoms with Crippen LogP contribution in [0.2, 0.25) is 0 Å². The van der Waals surface area contributed by atoms with Gasteiger partial charge in [0.1, 0.15) is 0 Å². The number of rotatable bonds is 10. The van der Waals surface area contributed by atoms with Crippen LogP contribution in [0.4, 0.5) is 0 Å². The topological polar surface area (TPSA) is 12.5 Å². The van der Waals surface area contributed by atoms with Crippen molar-refractivity contribution in [2.45, 2.75) is 46.3 Å². The van der Waals surface area contributed by atoms with E-state index in [2.05, 4.69) is 86.3 Å². The molecular weight excluding hydrogens is 294 g/mol. The standard InChI is InChI=1S/C22H31NO/c1-4-24-18-22(15-19(2)3)23(16-20-11-7-5-8-12-20)17-21-13-9-6-10-14-21/h5-14,19,22H,4,15-18H2,1-3H3/t22-/m1/s1. The first-order valence-electron chi connectivity index (χ1n) is 9.08. The van der Waals surface area contributed by atoms with E-state index in [1.54, 1.807) is 0 Å². The molecule has 0 radical (unpaired) electrons. The van der Waals surface area contributed by atoms with E-state index < -0.39 is 0 Å². The quantitative estimate of drug-likeness (QED) is 0.600. The summed E-state index contributed by atoms with van der Waals surface area (Å²) < 4.78 is 5.81. The second-order valence-corrected chi connectivity index (χ2v) is 6.82. The van der Waals surface area contributed by atoms with E-state index in [-0.39, 0.29) is 0 Å². The number of ether oxygens (including phenoxy) is 1. The first-order valence-corrected chi connectivity index (χ1v) is 9.08. The SMILES string of the molecule is CCOC[C@@H](CC(C)C)N(Cc1ccccc1)Cc1ccccc1. The zero-order chi connectivity index (χ0) is 17.2. The van der Waals surface area contributed by atoms with Gasteiger partial charge in [0.15, 0.2) is 0 Å². The Balaban J connectivity index is 2.17. The maximum atomic E-state index is 5.81. The molecule has 0 bridgehead atoms. The Morgan fingerprint density at radius 3 is 1.75 bits per heavy atom. The van der Waals surface area contributed by atoms with Crippen LogP contribution in [0.15, 0.2) is 60.7 Å². The molecule has 0 saturated carbocycles. The third-order valence-corrected chi connectivity index (χ3v) is 4.23. The van der Waals surface area contributed by atoms with Gasteiger partial charge in [0.2, 0.25) is 0 Å². The minimum atomic E-state index is 0.436. The highest BCUT2D eigenvalue weighted by Crippen LogP contribution is 2.19. The van der Waals surface area contributed by atoms with Gasteiger partial charge >= 0.3 is 0 Å². The summed E-state index contributed by atoms with van der Waals surface area (Å²) in [5.74, 6) is 0.657. The van der Waals surface area contributed by atoms with Gasteiger partial charge in [-0.3, -0.25) is 4.90 Å². The number of nitrogens with zero attached hydrogens (tertiary/aromatic N) is 1. The lowest BCUT2D eigenvalue weighted by molar-refractivity contribution is 0.0474. The van der Waals surface area contributed by atoms with Gasteiger partial charge < -0.3 is 4.74 Å². The van der Waals surface area contributed by atoms with E-state index in [4.69, 9.17) is 4.74 Å². The summed E-state index contributed by atoms with van der Waals surface area (Å²) in [6.45, 7) is 10.2. The normalized spacial score (nSPS) is 12.7. The smallest absolute Gasteiger partial charge is 0.0622 e. The Kier molecular flexibility index (Phi) is 8.00. The van der Waals surface area contributed by atoms with Crippen molar-refractivity contribution in [3.63, 3.8) is 0 Å². The molecule has 24 heavy (non-hydrogen) atoms. The van der Waals surface area contributed by atoms with Crippen molar-refractivity contribution >= 4 is 0 Å². The van der Waals surface area contributed by atoms with Crippen LogP contribution in [-0.4, -0.2) is 24.2 Å². The monoisotopic (exact) mass is 325 g/mol. The minimum Gasteiger partial charge on any atom is -0.380 e. The average molecular weight is 325 g/mol. The minimum absolute atomic E-state index is 0.436. The summed E-state index contributed by atoms with van der Waals surface area (Å²) in [4.78, 5) is 2.57. The van der Waals surface area contributed by atoms with Crippen molar-refractivity contribution in [1.29, 1.82) is 0 Å². The molecule has 0 amide bonds. The first-order chi connectivity index (χ1) is 11.7. The summed E-state index contributed by atoms with van der Waals surface area (Å²) in [5, 5.41) is 0. The average Bonchev–Trinajstić information content (AvgIpc) is 2.59. The van der Waals surface area contributed by atoms with Crippen LogP contribution >= 0.6 is 0 Å². The molecule has 2 heteroatoms. The van der Waals surface area contributed by atoms with Crippen LogP contribution in [0, 0.1) is 5.92 Å². The molecule has 1 atom stereocenters. The van der Waals surface area contributed by atoms with Crippen molar-refractivity contribution < 1.29 is 4.74 Å². The molecule has 2 nitrogen and oxygen atoms in total. The van der Waals surface area contributed by atoms with E-state index in [0.717, 1.165) is 32.7 Å². The fourth-order valence-electron chi connectivity index (χ4n) is 3.07. The van der Waals surface area contributed by atoms with Crippen LogP contribution in [0.5, 0.6) is 0 Å². The zero-order valence-corrected chi connectivity index (χ0v) is 15.3. The molecule has 0 heterocycles. The number of benzene rings is 2. The van der Waals surface area contributed by atoms with Crippen LogP contribution in [0.1, 0.15) is 38.3 Å². The fourth-order valence-corrected chi connectivity index (χ4v) is 3.07. The molecule has 0 spiro atoms. The van der Waals surface area contributed by atoms with Gasteiger partial charge in [-0.05, 0) is 30.4 Å². The Labute approximate surface area is 147 Å². The molecule has 0 aromatic heterocycles. The first kappa shape index (κ1) is 18.7. The van der Waals surface area contributed by atoms with Gasteiger partial charge in [0.05, 0.1) is 6.61 Å². The van der Waals surface area contributed by atoms with Crippen molar-refractivity contribution in [3.8, 4) is 0 Å². The summed E-state index contributed by atoms with van der Waals surface area (Å²) in [5.41, 5.74) is 2.72. The van der Waals surface area contributed by atoms with Crippen molar-refractivity contribution in [2.75, 3.05) is 13.2 Å². The van der Waals surface area contributed by atoms with Crippen LogP contribution < -0.4 is 0 Å². The molecule has 2 aromatic rings. The highest BCUT2D eigenvalue weighted by Gasteiger charge is 2.20. The molecule has 2 rings (SSSR count). The maximum Gasteiger partial charge on any atom is 0.0622 e. The van der Waals surface area contributed by atoms with Gasteiger partial charge in [0.25, 0.3) is 0 Å². The zero-order valence-electron chi connectivity index (χ0n) is 15.3. The van der Waals surface area contributed by atoms with Crippen molar-refractivity contribution in [1.82, 2.24) is 4.90 Å². The summed E-state index contributed by atoms with van der Waals surface area (Å²) in [6, 6.07) is 21.9. The molecule has 0 fully saturated rings. The van der Waals surface area contributed by atoms with Gasteiger partial charge in [-0.15, -0.1) is 0 Å². The van der Waals surface area contributed by atoms with E-state index in [0.29, 0.717) is 12.0 Å². The molecule has 0 aliphatic carbocycles. The lowest BCUT2D eigenvalue weighted by Gasteiger charge is -2.33. The molecule has 0 unspecified atom stereocenters. The molecule has 0 aliphatic heterocycles.